The Morgan fingerprint density at radius 2 is 2.13 bits per heavy atom. The Hall–Kier alpha value is -2.86. The second kappa shape index (κ2) is 8.35. The summed E-state index contributed by atoms with van der Waals surface area (Å²) in [5.74, 6) is 0.0505. The molecule has 2 aromatic rings. The fourth-order valence-electron chi connectivity index (χ4n) is 4.56. The van der Waals surface area contributed by atoms with Gasteiger partial charge in [0.1, 0.15) is 11.2 Å². The second-order valence-corrected chi connectivity index (χ2v) is 8.73. The molecule has 2 heterocycles. The van der Waals surface area contributed by atoms with Gasteiger partial charge in [-0.3, -0.25) is 19.2 Å². The van der Waals surface area contributed by atoms with Gasteiger partial charge >= 0.3 is 5.69 Å². The molecule has 0 radical (unpaired) electrons. The van der Waals surface area contributed by atoms with E-state index < -0.39 is 17.1 Å². The molecule has 166 valence electrons. The van der Waals surface area contributed by atoms with Crippen molar-refractivity contribution in [2.45, 2.75) is 38.3 Å². The number of anilines is 1. The second-order valence-electron chi connectivity index (χ2n) is 8.73. The smallest absolute Gasteiger partial charge is 0.329 e. The minimum Gasteiger partial charge on any atom is -0.492 e. The van der Waals surface area contributed by atoms with Gasteiger partial charge in [0.25, 0.3) is 5.56 Å². The summed E-state index contributed by atoms with van der Waals surface area (Å²) in [6.07, 6.45) is 2.58. The maximum atomic E-state index is 15.3. The highest BCUT2D eigenvalue weighted by molar-refractivity contribution is 5.91. The molecule has 2 fully saturated rings. The number of nitrogens with one attached hydrogen (secondary N) is 1. The number of nitrogens with zero attached hydrogens (tertiary/aromatic N) is 4. The van der Waals surface area contributed by atoms with E-state index in [2.05, 4.69) is 14.7 Å². The molecule has 1 aromatic heterocycles. The molecule has 1 N–H and O–H groups in total. The van der Waals surface area contributed by atoms with Crippen LogP contribution in [-0.4, -0.2) is 60.8 Å². The van der Waals surface area contributed by atoms with Gasteiger partial charge in [0.2, 0.25) is 6.54 Å². The summed E-state index contributed by atoms with van der Waals surface area (Å²) in [6.45, 7) is 11.7. The Labute approximate surface area is 180 Å². The molecule has 8 nitrogen and oxygen atoms in total. The fraction of sp³-hybridized carbons (Fsp3) is 0.591. The summed E-state index contributed by atoms with van der Waals surface area (Å²) >= 11 is 0. The van der Waals surface area contributed by atoms with Gasteiger partial charge in [-0.15, -0.1) is 0 Å². The van der Waals surface area contributed by atoms with Crippen LogP contribution in [0.3, 0.4) is 0 Å². The number of benzene rings is 1. The van der Waals surface area contributed by atoms with Crippen molar-refractivity contribution in [1.29, 1.82) is 0 Å². The molecule has 1 saturated carbocycles. The van der Waals surface area contributed by atoms with Crippen molar-refractivity contribution >= 4 is 16.6 Å². The Morgan fingerprint density at radius 3 is 2.77 bits per heavy atom. The van der Waals surface area contributed by atoms with E-state index in [1.807, 2.05) is 18.9 Å². The highest BCUT2D eigenvalue weighted by Gasteiger charge is 2.33. The SMILES string of the molecule is [C-]#[N+]CC(C)N(C)CC1CCN(c2c(F)cc3c(=O)[nH]c(=O)n(C4CC4)c3c2OC)C1. The summed E-state index contributed by atoms with van der Waals surface area (Å²) in [5, 5.41) is 0.132. The first-order valence-electron chi connectivity index (χ1n) is 10.7. The van der Waals surface area contributed by atoms with Crippen LogP contribution in [0, 0.1) is 18.3 Å². The molecule has 1 aliphatic heterocycles. The van der Waals surface area contributed by atoms with Gasteiger partial charge in [-0.1, -0.05) is 0 Å². The van der Waals surface area contributed by atoms with Gasteiger partial charge in [-0.2, -0.15) is 0 Å². The molecule has 31 heavy (non-hydrogen) atoms. The highest BCUT2D eigenvalue weighted by atomic mass is 19.1. The van der Waals surface area contributed by atoms with Crippen LogP contribution < -0.4 is 20.9 Å². The highest BCUT2D eigenvalue weighted by Crippen LogP contribution is 2.43. The minimum absolute atomic E-state index is 0.00275. The van der Waals surface area contributed by atoms with E-state index in [1.54, 1.807) is 4.57 Å². The van der Waals surface area contributed by atoms with Crippen LogP contribution in [0.5, 0.6) is 5.75 Å². The van der Waals surface area contributed by atoms with Crippen LogP contribution in [0.1, 0.15) is 32.2 Å². The number of rotatable bonds is 7. The largest absolute Gasteiger partial charge is 0.492 e. The number of aromatic nitrogens is 2. The number of ether oxygens (including phenoxy) is 1. The number of fused-ring (bicyclic) bond motifs is 1. The molecule has 0 amide bonds. The average Bonchev–Trinajstić information content (AvgIpc) is 3.46. The lowest BCUT2D eigenvalue weighted by Crippen LogP contribution is -2.36. The zero-order valence-corrected chi connectivity index (χ0v) is 18.2. The number of hydrogen-bond acceptors (Lipinski definition) is 5. The summed E-state index contributed by atoms with van der Waals surface area (Å²) in [4.78, 5) is 34.8. The van der Waals surface area contributed by atoms with Crippen molar-refractivity contribution in [2.24, 2.45) is 5.92 Å². The summed E-state index contributed by atoms with van der Waals surface area (Å²) in [7, 11) is 3.46. The molecule has 0 bridgehead atoms. The van der Waals surface area contributed by atoms with E-state index in [-0.39, 0.29) is 23.2 Å². The third kappa shape index (κ3) is 3.92. The van der Waals surface area contributed by atoms with Crippen LogP contribution in [0.2, 0.25) is 0 Å². The molecule has 4 rings (SSSR count). The molecular weight excluding hydrogens is 401 g/mol. The maximum absolute atomic E-state index is 15.3. The molecule has 1 aromatic carbocycles. The van der Waals surface area contributed by atoms with Crippen LogP contribution in [0.15, 0.2) is 15.7 Å². The van der Waals surface area contributed by atoms with Crippen LogP contribution in [0.25, 0.3) is 15.7 Å². The first kappa shape index (κ1) is 21.4. The molecule has 1 aliphatic carbocycles. The van der Waals surface area contributed by atoms with Crippen molar-refractivity contribution in [3.63, 3.8) is 0 Å². The Balaban J connectivity index is 1.71. The summed E-state index contributed by atoms with van der Waals surface area (Å²) in [6, 6.07) is 1.39. The number of aromatic amines is 1. The van der Waals surface area contributed by atoms with Gasteiger partial charge < -0.3 is 14.5 Å². The van der Waals surface area contributed by atoms with Crippen LogP contribution >= 0.6 is 0 Å². The lowest BCUT2D eigenvalue weighted by Gasteiger charge is -2.26. The van der Waals surface area contributed by atoms with E-state index in [4.69, 9.17) is 11.3 Å². The van der Waals surface area contributed by atoms with E-state index in [9.17, 15) is 9.59 Å². The van der Waals surface area contributed by atoms with Gasteiger partial charge in [-0.05, 0) is 45.2 Å². The minimum atomic E-state index is -0.602. The van der Waals surface area contributed by atoms with Gasteiger partial charge in [-0.25, -0.2) is 15.8 Å². The van der Waals surface area contributed by atoms with Crippen molar-refractivity contribution in [3.05, 3.63) is 44.1 Å². The zero-order chi connectivity index (χ0) is 22.3. The number of halogens is 1. The fourth-order valence-corrected chi connectivity index (χ4v) is 4.56. The van der Waals surface area contributed by atoms with E-state index >= 15 is 4.39 Å². The van der Waals surface area contributed by atoms with Crippen LogP contribution in [-0.2, 0) is 0 Å². The molecule has 2 atom stereocenters. The lowest BCUT2D eigenvalue weighted by molar-refractivity contribution is 0.235. The van der Waals surface area contributed by atoms with Gasteiger partial charge in [0.05, 0.1) is 18.5 Å². The third-order valence-corrected chi connectivity index (χ3v) is 6.48. The number of H-pyrrole nitrogens is 1. The zero-order valence-electron chi connectivity index (χ0n) is 18.2. The predicted molar refractivity (Wildman–Crippen MR) is 117 cm³/mol. The third-order valence-electron chi connectivity index (χ3n) is 6.48. The average molecular weight is 429 g/mol. The molecule has 1 saturated heterocycles. The Kier molecular flexibility index (Phi) is 5.75. The molecule has 0 spiro atoms. The van der Waals surface area contributed by atoms with E-state index in [0.29, 0.717) is 36.8 Å². The van der Waals surface area contributed by atoms with Crippen molar-refractivity contribution in [1.82, 2.24) is 14.5 Å². The molecule has 2 aliphatic rings. The van der Waals surface area contributed by atoms with Gasteiger partial charge in [0, 0.05) is 25.7 Å². The predicted octanol–water partition coefficient (Wildman–Crippen LogP) is 2.24. The van der Waals surface area contributed by atoms with Crippen molar-refractivity contribution in [3.8, 4) is 5.75 Å². The summed E-state index contributed by atoms with van der Waals surface area (Å²) < 4.78 is 22.4. The number of methoxy groups -OCH3 is 1. The quantitative estimate of drug-likeness (QED) is 0.684. The van der Waals surface area contributed by atoms with Crippen molar-refractivity contribution in [2.75, 3.05) is 45.2 Å². The molecule has 9 heteroatoms. The monoisotopic (exact) mass is 429 g/mol. The van der Waals surface area contributed by atoms with E-state index in [0.717, 1.165) is 25.8 Å². The molecule has 2 unspecified atom stereocenters. The topological polar surface area (TPSA) is 74.9 Å². The maximum Gasteiger partial charge on any atom is 0.329 e. The standard InChI is InChI=1S/C22H28FN5O3/c1-13(10-24-2)26(3)11-14-7-8-27(12-14)19-17(23)9-16-18(20(19)31-4)28(15-5-6-15)22(30)25-21(16)29/h9,13-15H,5-8,10-12H2,1,3-4H3,(H,25,29,30). The first-order valence-corrected chi connectivity index (χ1v) is 10.7. The number of likely N-dealkylation sites (N-methyl/N-ethyl adjacent to an activating group) is 1. The van der Waals surface area contributed by atoms with Crippen LogP contribution in [0.4, 0.5) is 10.1 Å². The summed E-state index contributed by atoms with van der Waals surface area (Å²) in [5.41, 5.74) is -0.392. The van der Waals surface area contributed by atoms with Crippen molar-refractivity contribution < 1.29 is 9.13 Å². The van der Waals surface area contributed by atoms with E-state index in [1.165, 1.54) is 13.2 Å². The van der Waals surface area contributed by atoms with Gasteiger partial charge in [0.15, 0.2) is 11.6 Å². The Bertz CT molecular complexity index is 1150. The molecular formula is C22H28FN5O3. The first-order chi connectivity index (χ1) is 14.8. The normalized spacial score (nSPS) is 19.7. The Morgan fingerprint density at radius 1 is 1.39 bits per heavy atom. The number of hydrogen-bond donors (Lipinski definition) is 1. The lowest BCUT2D eigenvalue weighted by atomic mass is 10.1.